The van der Waals surface area contributed by atoms with Gasteiger partial charge in [0.1, 0.15) is 5.84 Å². The third-order valence-corrected chi connectivity index (χ3v) is 3.94. The Hall–Kier alpha value is -1.55. The fourth-order valence-corrected chi connectivity index (χ4v) is 2.95. The highest BCUT2D eigenvalue weighted by molar-refractivity contribution is 6.28. The Labute approximate surface area is 117 Å². The number of hydrogen-bond donors (Lipinski definition) is 1. The van der Waals surface area contributed by atoms with E-state index in [0.717, 1.165) is 37.2 Å². The Morgan fingerprint density at radius 2 is 2.05 bits per heavy atom. The van der Waals surface area contributed by atoms with Crippen molar-refractivity contribution in [2.45, 2.75) is 25.7 Å². The largest absolute Gasteiger partial charge is 0.386 e. The zero-order valence-corrected chi connectivity index (χ0v) is 11.4. The molecule has 0 aliphatic carbocycles. The van der Waals surface area contributed by atoms with Crippen LogP contribution in [-0.4, -0.2) is 24.2 Å². The number of amides is 1. The molecule has 1 aromatic rings. The fourth-order valence-electron chi connectivity index (χ4n) is 2.90. The van der Waals surface area contributed by atoms with E-state index in [2.05, 4.69) is 4.99 Å². The van der Waals surface area contributed by atoms with Crippen LogP contribution in [0.1, 0.15) is 24.0 Å². The number of nitrogens with two attached hydrogens (primary N) is 1. The van der Waals surface area contributed by atoms with Gasteiger partial charge in [-0.3, -0.25) is 4.79 Å². The van der Waals surface area contributed by atoms with E-state index in [4.69, 9.17) is 17.3 Å². The van der Waals surface area contributed by atoms with E-state index < -0.39 is 0 Å². The first kappa shape index (κ1) is 12.5. The van der Waals surface area contributed by atoms with Crippen molar-refractivity contribution in [1.29, 1.82) is 0 Å². The molecule has 0 aromatic heterocycles. The number of carbonyl (C=O) groups excluding carboxylic acids is 1. The lowest BCUT2D eigenvalue weighted by Crippen LogP contribution is -2.39. The normalized spacial score (nSPS) is 18.5. The molecule has 2 heterocycles. The van der Waals surface area contributed by atoms with Crippen LogP contribution < -0.4 is 10.6 Å². The number of anilines is 1. The van der Waals surface area contributed by atoms with Crippen molar-refractivity contribution in [3.63, 3.8) is 0 Å². The van der Waals surface area contributed by atoms with E-state index >= 15 is 0 Å². The van der Waals surface area contributed by atoms with Gasteiger partial charge in [-0.25, -0.2) is 4.99 Å². The Morgan fingerprint density at radius 1 is 1.32 bits per heavy atom. The maximum absolute atomic E-state index is 11.9. The second-order valence-corrected chi connectivity index (χ2v) is 5.27. The fraction of sp³-hybridized carbons (Fsp3) is 0.429. The van der Waals surface area contributed by atoms with Crippen LogP contribution in [-0.2, 0) is 17.6 Å². The molecule has 1 amide bonds. The highest BCUT2D eigenvalue weighted by Crippen LogP contribution is 2.38. The maximum Gasteiger partial charge on any atom is 0.227 e. The zero-order valence-electron chi connectivity index (χ0n) is 10.7. The summed E-state index contributed by atoms with van der Waals surface area (Å²) in [6.07, 6.45) is 3.39. The molecule has 100 valence electrons. The van der Waals surface area contributed by atoms with Gasteiger partial charge in [0, 0.05) is 13.0 Å². The number of aryl methyl sites for hydroxylation is 2. The average molecular weight is 278 g/mol. The smallest absolute Gasteiger partial charge is 0.227 e. The molecule has 0 saturated carbocycles. The SMILES string of the molecule is NC(CCl)=Nc1cc2c3c(c1)CCC(=O)N3CCC2. The van der Waals surface area contributed by atoms with E-state index in [1.165, 1.54) is 11.1 Å². The Kier molecular flexibility index (Phi) is 3.19. The van der Waals surface area contributed by atoms with Crippen molar-refractivity contribution in [2.24, 2.45) is 10.7 Å². The van der Waals surface area contributed by atoms with Gasteiger partial charge < -0.3 is 10.6 Å². The summed E-state index contributed by atoms with van der Waals surface area (Å²) in [5, 5.41) is 0. The predicted molar refractivity (Wildman–Crippen MR) is 77.4 cm³/mol. The van der Waals surface area contributed by atoms with Crippen LogP contribution in [0.25, 0.3) is 0 Å². The minimum atomic E-state index is 0.233. The molecular formula is C14H16ClN3O. The number of benzene rings is 1. The second kappa shape index (κ2) is 4.85. The Morgan fingerprint density at radius 3 is 2.79 bits per heavy atom. The van der Waals surface area contributed by atoms with Crippen molar-refractivity contribution in [3.8, 4) is 0 Å². The van der Waals surface area contributed by atoms with Gasteiger partial charge in [-0.05, 0) is 42.5 Å². The highest BCUT2D eigenvalue weighted by atomic mass is 35.5. The van der Waals surface area contributed by atoms with Crippen LogP contribution in [0.15, 0.2) is 17.1 Å². The number of halogens is 1. The summed E-state index contributed by atoms with van der Waals surface area (Å²) in [6.45, 7) is 0.839. The summed E-state index contributed by atoms with van der Waals surface area (Å²) in [4.78, 5) is 18.2. The molecule has 0 bridgehead atoms. The minimum absolute atomic E-state index is 0.233. The quantitative estimate of drug-likeness (QED) is 0.511. The van der Waals surface area contributed by atoms with Gasteiger partial charge in [0.2, 0.25) is 5.91 Å². The minimum Gasteiger partial charge on any atom is -0.386 e. The molecule has 0 atom stereocenters. The lowest BCUT2D eigenvalue weighted by Gasteiger charge is -2.35. The Balaban J connectivity index is 2.09. The molecule has 0 unspecified atom stereocenters. The van der Waals surface area contributed by atoms with Gasteiger partial charge in [0.15, 0.2) is 0 Å². The van der Waals surface area contributed by atoms with Crippen LogP contribution in [0.3, 0.4) is 0 Å². The van der Waals surface area contributed by atoms with Crippen LogP contribution in [0, 0.1) is 0 Å². The summed E-state index contributed by atoms with van der Waals surface area (Å²) < 4.78 is 0. The van der Waals surface area contributed by atoms with Crippen molar-refractivity contribution in [2.75, 3.05) is 17.3 Å². The molecule has 5 heteroatoms. The van der Waals surface area contributed by atoms with E-state index in [-0.39, 0.29) is 11.8 Å². The molecule has 0 radical (unpaired) electrons. The molecule has 19 heavy (non-hydrogen) atoms. The summed E-state index contributed by atoms with van der Waals surface area (Å²) in [5.74, 6) is 0.898. The third kappa shape index (κ3) is 2.21. The van der Waals surface area contributed by atoms with Crippen LogP contribution in [0.4, 0.5) is 11.4 Å². The summed E-state index contributed by atoms with van der Waals surface area (Å²) >= 11 is 5.66. The first-order valence-corrected chi connectivity index (χ1v) is 7.07. The summed E-state index contributed by atoms with van der Waals surface area (Å²) in [7, 11) is 0. The molecule has 0 fully saturated rings. The van der Waals surface area contributed by atoms with Gasteiger partial charge in [0.25, 0.3) is 0 Å². The molecule has 3 rings (SSSR count). The number of nitrogens with zero attached hydrogens (tertiary/aromatic N) is 2. The van der Waals surface area contributed by atoms with E-state index in [0.29, 0.717) is 12.3 Å². The average Bonchev–Trinajstić information content (AvgIpc) is 2.42. The highest BCUT2D eigenvalue weighted by Gasteiger charge is 2.29. The number of alkyl halides is 1. The number of carbonyl (C=O) groups is 1. The second-order valence-electron chi connectivity index (χ2n) is 5.00. The molecule has 0 spiro atoms. The van der Waals surface area contributed by atoms with E-state index in [1.54, 1.807) is 0 Å². The van der Waals surface area contributed by atoms with Gasteiger partial charge in [0.05, 0.1) is 17.3 Å². The Bertz CT molecular complexity index is 551. The van der Waals surface area contributed by atoms with Gasteiger partial charge >= 0.3 is 0 Å². The number of hydrogen-bond acceptors (Lipinski definition) is 2. The maximum atomic E-state index is 11.9. The zero-order chi connectivity index (χ0) is 13.4. The first-order chi connectivity index (χ1) is 9.19. The van der Waals surface area contributed by atoms with Crippen LogP contribution in [0.2, 0.25) is 0 Å². The summed E-state index contributed by atoms with van der Waals surface area (Å²) in [6, 6.07) is 4.06. The molecule has 4 nitrogen and oxygen atoms in total. The molecule has 0 saturated heterocycles. The molecule has 2 N–H and O–H groups in total. The predicted octanol–water partition coefficient (Wildman–Crippen LogP) is 2.14. The molecule has 1 aromatic carbocycles. The van der Waals surface area contributed by atoms with Crippen molar-refractivity contribution in [1.82, 2.24) is 0 Å². The van der Waals surface area contributed by atoms with Crippen LogP contribution >= 0.6 is 11.6 Å². The van der Waals surface area contributed by atoms with Crippen molar-refractivity contribution in [3.05, 3.63) is 23.3 Å². The lowest BCUT2D eigenvalue weighted by molar-refractivity contribution is -0.119. The lowest BCUT2D eigenvalue weighted by atomic mass is 9.91. The molecule has 2 aliphatic heterocycles. The van der Waals surface area contributed by atoms with Gasteiger partial charge in [-0.1, -0.05) is 0 Å². The van der Waals surface area contributed by atoms with E-state index in [1.807, 2.05) is 17.0 Å². The monoisotopic (exact) mass is 277 g/mol. The topological polar surface area (TPSA) is 58.7 Å². The number of aliphatic imine (C=N–C) groups is 1. The van der Waals surface area contributed by atoms with Crippen molar-refractivity contribution < 1.29 is 4.79 Å². The number of amidine groups is 1. The molecular weight excluding hydrogens is 262 g/mol. The van der Waals surface area contributed by atoms with Gasteiger partial charge in [-0.2, -0.15) is 0 Å². The third-order valence-electron chi connectivity index (χ3n) is 3.67. The summed E-state index contributed by atoms with van der Waals surface area (Å²) in [5.41, 5.74) is 10.1. The van der Waals surface area contributed by atoms with Crippen LogP contribution in [0.5, 0.6) is 0 Å². The standard InChI is InChI=1S/C14H16ClN3O/c15-8-12(16)17-11-6-9-2-1-5-18-13(19)4-3-10(7-11)14(9)18/h6-7H,1-5,8H2,(H2,16,17). The van der Waals surface area contributed by atoms with E-state index in [9.17, 15) is 4.79 Å². The van der Waals surface area contributed by atoms with Crippen molar-refractivity contribution >= 4 is 34.7 Å². The first-order valence-electron chi connectivity index (χ1n) is 6.54. The number of rotatable bonds is 2. The van der Waals surface area contributed by atoms with Gasteiger partial charge in [-0.15, -0.1) is 11.6 Å². The molecule has 2 aliphatic rings.